The first kappa shape index (κ1) is 17.0. The Balaban J connectivity index is 2.58. The third kappa shape index (κ3) is 5.50. The van der Waals surface area contributed by atoms with Crippen LogP contribution in [0.4, 0.5) is 13.2 Å². The highest BCUT2D eigenvalue weighted by Crippen LogP contribution is 2.22. The van der Waals surface area contributed by atoms with Crippen molar-refractivity contribution in [3.05, 3.63) is 35.9 Å². The third-order valence-corrected chi connectivity index (χ3v) is 3.71. The van der Waals surface area contributed by atoms with Crippen molar-refractivity contribution in [3.8, 4) is 0 Å². The van der Waals surface area contributed by atoms with E-state index < -0.39 is 30.8 Å². The molecular weight excluding hydrogens is 339 g/mol. The van der Waals surface area contributed by atoms with Crippen LogP contribution < -0.4 is 5.32 Å². The van der Waals surface area contributed by atoms with Gasteiger partial charge in [0.25, 0.3) is 0 Å². The lowest BCUT2D eigenvalue weighted by atomic mass is 9.94. The second-order valence-corrected chi connectivity index (χ2v) is 5.05. The Morgan fingerprint density at radius 2 is 1.90 bits per heavy atom. The predicted octanol–water partition coefficient (Wildman–Crippen LogP) is 2.99. The average molecular weight is 354 g/mol. The highest BCUT2D eigenvalue weighted by molar-refractivity contribution is 9.09. The molecule has 20 heavy (non-hydrogen) atoms. The summed E-state index contributed by atoms with van der Waals surface area (Å²) < 4.78 is 40.1. The zero-order valence-corrected chi connectivity index (χ0v) is 12.4. The molecule has 7 heteroatoms. The van der Waals surface area contributed by atoms with Crippen molar-refractivity contribution < 1.29 is 22.7 Å². The van der Waals surface area contributed by atoms with E-state index in [0.29, 0.717) is 5.33 Å². The molecular formula is C13H15BrF3NO2. The van der Waals surface area contributed by atoms with Gasteiger partial charge in [-0.2, -0.15) is 13.2 Å². The zero-order chi connectivity index (χ0) is 15.2. The van der Waals surface area contributed by atoms with Crippen LogP contribution in [0, 0.1) is 0 Å². The number of hydrogen-bond acceptors (Lipinski definition) is 2. The van der Waals surface area contributed by atoms with E-state index in [1.807, 2.05) is 30.3 Å². The second-order valence-electron chi connectivity index (χ2n) is 4.49. The van der Waals surface area contributed by atoms with Crippen LogP contribution in [0.5, 0.6) is 0 Å². The van der Waals surface area contributed by atoms with E-state index in [-0.39, 0.29) is 0 Å². The lowest BCUT2D eigenvalue weighted by molar-refractivity contribution is -0.175. The monoisotopic (exact) mass is 353 g/mol. The largest absolute Gasteiger partial charge is 0.411 e. The molecule has 0 radical (unpaired) electrons. The van der Waals surface area contributed by atoms with Crippen LogP contribution >= 0.6 is 15.9 Å². The van der Waals surface area contributed by atoms with Crippen LogP contribution in [0.25, 0.3) is 0 Å². The van der Waals surface area contributed by atoms with Gasteiger partial charge in [0.1, 0.15) is 13.2 Å². The summed E-state index contributed by atoms with van der Waals surface area (Å²) in [5.74, 6) is -0.597. The molecule has 0 bridgehead atoms. The lowest BCUT2D eigenvalue weighted by Gasteiger charge is -2.29. The molecule has 0 aliphatic heterocycles. The van der Waals surface area contributed by atoms with Crippen molar-refractivity contribution >= 4 is 21.8 Å². The van der Waals surface area contributed by atoms with Crippen molar-refractivity contribution in [2.75, 3.05) is 18.5 Å². The van der Waals surface area contributed by atoms with E-state index >= 15 is 0 Å². The van der Waals surface area contributed by atoms with Gasteiger partial charge in [0.2, 0.25) is 5.91 Å². The molecule has 0 spiro atoms. The van der Waals surface area contributed by atoms with Gasteiger partial charge < -0.3 is 10.1 Å². The van der Waals surface area contributed by atoms with E-state index in [4.69, 9.17) is 0 Å². The van der Waals surface area contributed by atoms with Gasteiger partial charge in [0.05, 0.1) is 5.54 Å². The Kier molecular flexibility index (Phi) is 6.01. The first-order valence-corrected chi connectivity index (χ1v) is 6.96. The number of amides is 1. The number of benzene rings is 1. The van der Waals surface area contributed by atoms with Crippen molar-refractivity contribution in [3.63, 3.8) is 0 Å². The molecule has 0 fully saturated rings. The van der Waals surface area contributed by atoms with E-state index in [0.717, 1.165) is 5.56 Å². The number of ether oxygens (including phenoxy) is 1. The Morgan fingerprint density at radius 1 is 1.30 bits per heavy atom. The smallest absolute Gasteiger partial charge is 0.362 e. The number of carbonyl (C=O) groups excluding carboxylic acids is 1. The van der Waals surface area contributed by atoms with Crippen molar-refractivity contribution in [1.82, 2.24) is 5.32 Å². The van der Waals surface area contributed by atoms with Crippen LogP contribution in [-0.4, -0.2) is 30.6 Å². The molecule has 112 valence electrons. The fourth-order valence-corrected chi connectivity index (χ4v) is 2.06. The fraction of sp³-hybridized carbons (Fsp3) is 0.462. The third-order valence-electron chi connectivity index (χ3n) is 2.59. The van der Waals surface area contributed by atoms with Crippen LogP contribution in [0.3, 0.4) is 0 Å². The van der Waals surface area contributed by atoms with Crippen LogP contribution in [0.1, 0.15) is 12.5 Å². The predicted molar refractivity (Wildman–Crippen MR) is 72.6 cm³/mol. The molecule has 0 aliphatic rings. The summed E-state index contributed by atoms with van der Waals surface area (Å²) in [6.07, 6.45) is -4.43. The number of hydrogen-bond donors (Lipinski definition) is 1. The van der Waals surface area contributed by atoms with Crippen molar-refractivity contribution in [2.45, 2.75) is 18.6 Å². The average Bonchev–Trinajstić information content (AvgIpc) is 2.38. The summed E-state index contributed by atoms with van der Waals surface area (Å²) in [4.78, 5) is 11.7. The molecule has 0 aliphatic carbocycles. The number of alkyl halides is 4. The molecule has 0 heterocycles. The molecule has 1 amide bonds. The first-order chi connectivity index (χ1) is 9.27. The fourth-order valence-electron chi connectivity index (χ4n) is 1.59. The van der Waals surface area contributed by atoms with Gasteiger partial charge in [-0.1, -0.05) is 46.3 Å². The Bertz CT molecular complexity index is 439. The minimum Gasteiger partial charge on any atom is -0.362 e. The number of halogens is 4. The summed E-state index contributed by atoms with van der Waals surface area (Å²) in [6, 6.07) is 9.15. The normalized spacial score (nSPS) is 14.7. The SMILES string of the molecule is CC(CBr)(NC(=O)COCC(F)(F)F)c1ccccc1. The van der Waals surface area contributed by atoms with Crippen LogP contribution in [0.15, 0.2) is 30.3 Å². The first-order valence-electron chi connectivity index (χ1n) is 5.84. The topological polar surface area (TPSA) is 38.3 Å². The quantitative estimate of drug-likeness (QED) is 0.798. The van der Waals surface area contributed by atoms with E-state index in [1.54, 1.807) is 6.92 Å². The van der Waals surface area contributed by atoms with Gasteiger partial charge in [-0.25, -0.2) is 0 Å². The number of nitrogens with one attached hydrogen (secondary N) is 1. The molecule has 1 aromatic carbocycles. The Hall–Kier alpha value is -1.08. The summed E-state index contributed by atoms with van der Waals surface area (Å²) in [6.45, 7) is -0.287. The zero-order valence-electron chi connectivity index (χ0n) is 10.8. The molecule has 3 nitrogen and oxygen atoms in total. The lowest BCUT2D eigenvalue weighted by Crippen LogP contribution is -2.46. The Morgan fingerprint density at radius 3 is 2.40 bits per heavy atom. The van der Waals surface area contributed by atoms with Gasteiger partial charge in [0.15, 0.2) is 0 Å². The van der Waals surface area contributed by atoms with Gasteiger partial charge in [-0.05, 0) is 12.5 Å². The van der Waals surface area contributed by atoms with E-state index in [1.165, 1.54) is 0 Å². The Labute approximate surface area is 123 Å². The summed E-state index contributed by atoms with van der Waals surface area (Å²) in [7, 11) is 0. The minimum atomic E-state index is -4.43. The highest BCUT2D eigenvalue weighted by atomic mass is 79.9. The molecule has 1 aromatic rings. The van der Waals surface area contributed by atoms with E-state index in [2.05, 4.69) is 26.0 Å². The molecule has 1 atom stereocenters. The summed E-state index contributed by atoms with van der Waals surface area (Å²) in [5.41, 5.74) is 0.140. The molecule has 0 aromatic heterocycles. The van der Waals surface area contributed by atoms with Gasteiger partial charge in [-0.15, -0.1) is 0 Å². The van der Waals surface area contributed by atoms with Crippen molar-refractivity contribution in [1.29, 1.82) is 0 Å². The van der Waals surface area contributed by atoms with Crippen molar-refractivity contribution in [2.24, 2.45) is 0 Å². The molecule has 1 rings (SSSR count). The summed E-state index contributed by atoms with van der Waals surface area (Å²) >= 11 is 3.30. The molecule has 1 N–H and O–H groups in total. The highest BCUT2D eigenvalue weighted by Gasteiger charge is 2.30. The summed E-state index contributed by atoms with van der Waals surface area (Å²) in [5, 5.41) is 3.09. The standard InChI is InChI=1S/C13H15BrF3NO2/c1-12(8-14,10-5-3-2-4-6-10)18-11(19)7-20-9-13(15,16)17/h2-6H,7-9H2,1H3,(H,18,19). The van der Waals surface area contributed by atoms with Crippen LogP contribution in [0.2, 0.25) is 0 Å². The van der Waals surface area contributed by atoms with Crippen LogP contribution in [-0.2, 0) is 15.1 Å². The number of carbonyl (C=O) groups is 1. The van der Waals surface area contributed by atoms with Gasteiger partial charge in [-0.3, -0.25) is 4.79 Å². The molecule has 0 saturated heterocycles. The molecule has 0 saturated carbocycles. The second kappa shape index (κ2) is 7.08. The maximum atomic E-state index is 11.9. The van der Waals surface area contributed by atoms with Gasteiger partial charge in [0, 0.05) is 5.33 Å². The van der Waals surface area contributed by atoms with E-state index in [9.17, 15) is 18.0 Å². The maximum absolute atomic E-state index is 11.9. The minimum absolute atomic E-state index is 0.426. The van der Waals surface area contributed by atoms with Gasteiger partial charge >= 0.3 is 6.18 Å². The molecule has 1 unspecified atom stereocenters. The number of rotatable bonds is 6. The maximum Gasteiger partial charge on any atom is 0.411 e.